The molecule has 12 nitrogen and oxygen atoms in total. The predicted molar refractivity (Wildman–Crippen MR) is 160 cm³/mol. The van der Waals surface area contributed by atoms with Gasteiger partial charge in [-0.25, -0.2) is 16.8 Å². The van der Waals surface area contributed by atoms with Crippen LogP contribution in [0.15, 0.2) is 58.3 Å². The third-order valence-corrected chi connectivity index (χ3v) is 9.98. The highest BCUT2D eigenvalue weighted by atomic mass is 32.2. The zero-order valence-corrected chi connectivity index (χ0v) is 26.4. The summed E-state index contributed by atoms with van der Waals surface area (Å²) in [5.41, 5.74) is 1.70. The molecule has 0 unspecified atom stereocenters. The Kier molecular flexibility index (Phi) is 13.3. The Morgan fingerprint density at radius 1 is 0.814 bits per heavy atom. The number of aliphatic carboxylic acids is 2. The average molecular weight is 640 g/mol. The lowest BCUT2D eigenvalue weighted by atomic mass is 10.1. The van der Waals surface area contributed by atoms with E-state index in [1.165, 1.54) is 24.3 Å². The highest BCUT2D eigenvalue weighted by Gasteiger charge is 2.36. The molecule has 0 aliphatic carbocycles. The molecular weight excluding hydrogens is 598 g/mol. The van der Waals surface area contributed by atoms with Gasteiger partial charge in [0.2, 0.25) is 26.0 Å². The van der Waals surface area contributed by atoms with Crippen molar-refractivity contribution in [1.82, 2.24) is 14.3 Å². The second-order valence-corrected chi connectivity index (χ2v) is 14.4. The Hall–Kier alpha value is -3.33. The van der Waals surface area contributed by atoms with E-state index in [0.717, 1.165) is 15.4 Å². The summed E-state index contributed by atoms with van der Waals surface area (Å²) < 4.78 is 55.8. The number of hydrogen-bond acceptors (Lipinski definition) is 7. The maximum atomic E-state index is 13.4. The molecule has 0 fully saturated rings. The molecule has 0 bridgehead atoms. The number of hydrogen-bond donors (Lipinski definition) is 4. The number of carboxylic acids is 2. The number of nitrogens with zero attached hydrogens (tertiary/aromatic N) is 1. The first-order chi connectivity index (χ1) is 20.0. The minimum Gasteiger partial charge on any atom is -0.481 e. The zero-order valence-electron chi connectivity index (χ0n) is 24.8. The van der Waals surface area contributed by atoms with Gasteiger partial charge < -0.3 is 15.5 Å². The molecule has 0 saturated heterocycles. The Balaban J connectivity index is 2.07. The van der Waals surface area contributed by atoms with Crippen LogP contribution in [0.3, 0.4) is 0 Å². The minimum absolute atomic E-state index is 0.00208. The van der Waals surface area contributed by atoms with E-state index in [9.17, 15) is 36.3 Å². The predicted octanol–water partition coefficient (Wildman–Crippen LogP) is 2.90. The van der Waals surface area contributed by atoms with Crippen LogP contribution in [0.2, 0.25) is 0 Å². The monoisotopic (exact) mass is 639 g/mol. The first kappa shape index (κ1) is 35.9. The van der Waals surface area contributed by atoms with Crippen molar-refractivity contribution in [2.45, 2.75) is 81.7 Å². The van der Waals surface area contributed by atoms with Gasteiger partial charge in [0.25, 0.3) is 0 Å². The summed E-state index contributed by atoms with van der Waals surface area (Å²) in [6, 6.07) is 9.44. The molecule has 4 N–H and O–H groups in total. The number of carbonyl (C=O) groups excluding carboxylic acids is 1. The fourth-order valence-electron chi connectivity index (χ4n) is 4.27. The van der Waals surface area contributed by atoms with Crippen LogP contribution in [0.5, 0.6) is 0 Å². The fraction of sp³-hybridized carbons (Fsp3) is 0.483. The average Bonchev–Trinajstić information content (AvgIpc) is 2.91. The van der Waals surface area contributed by atoms with E-state index in [1.807, 2.05) is 6.92 Å². The van der Waals surface area contributed by atoms with Crippen LogP contribution in [0.4, 0.5) is 0 Å². The molecule has 238 valence electrons. The van der Waals surface area contributed by atoms with E-state index in [1.54, 1.807) is 45.0 Å². The third kappa shape index (κ3) is 11.0. The highest BCUT2D eigenvalue weighted by molar-refractivity contribution is 7.89. The van der Waals surface area contributed by atoms with Crippen LogP contribution in [0.25, 0.3) is 0 Å². The van der Waals surface area contributed by atoms with Crippen LogP contribution in [0, 0.1) is 19.8 Å². The number of amides is 1. The molecule has 0 radical (unpaired) electrons. The first-order valence-electron chi connectivity index (χ1n) is 13.9. The molecule has 2 aromatic carbocycles. The lowest BCUT2D eigenvalue weighted by Crippen LogP contribution is -2.47. The van der Waals surface area contributed by atoms with E-state index in [-0.39, 0.29) is 54.5 Å². The molecule has 0 spiro atoms. The molecule has 1 amide bonds. The Bertz CT molecular complexity index is 1460. The molecule has 14 heteroatoms. The van der Waals surface area contributed by atoms with Crippen molar-refractivity contribution in [3.05, 3.63) is 59.7 Å². The smallest absolute Gasteiger partial charge is 0.322 e. The van der Waals surface area contributed by atoms with Crippen molar-refractivity contribution in [1.29, 1.82) is 0 Å². The number of sulfonamides is 2. The van der Waals surface area contributed by atoms with Gasteiger partial charge in [0, 0.05) is 19.5 Å². The topological polar surface area (TPSA) is 187 Å². The van der Waals surface area contributed by atoms with Gasteiger partial charge in [0.1, 0.15) is 12.1 Å². The van der Waals surface area contributed by atoms with Gasteiger partial charge in [-0.2, -0.15) is 9.03 Å². The second-order valence-electron chi connectivity index (χ2n) is 10.8. The Morgan fingerprint density at radius 3 is 1.84 bits per heavy atom. The molecule has 0 aliphatic heterocycles. The lowest BCUT2D eigenvalue weighted by Gasteiger charge is -2.29. The van der Waals surface area contributed by atoms with Crippen LogP contribution in [0.1, 0.15) is 57.1 Å². The summed E-state index contributed by atoms with van der Waals surface area (Å²) in [7, 11) is -8.23. The number of nitrogens with one attached hydrogen (secondary N) is 2. The van der Waals surface area contributed by atoms with E-state index < -0.39 is 56.4 Å². The van der Waals surface area contributed by atoms with Gasteiger partial charge in [-0.1, -0.05) is 49.2 Å². The molecule has 2 rings (SSSR count). The van der Waals surface area contributed by atoms with E-state index in [0.29, 0.717) is 0 Å². The minimum atomic E-state index is -4.12. The molecular formula is C29H41N3O9S2. The molecule has 0 heterocycles. The van der Waals surface area contributed by atoms with Crippen molar-refractivity contribution < 1.29 is 41.4 Å². The van der Waals surface area contributed by atoms with Gasteiger partial charge in [-0.3, -0.25) is 14.4 Å². The molecule has 43 heavy (non-hydrogen) atoms. The van der Waals surface area contributed by atoms with Crippen molar-refractivity contribution in [2.24, 2.45) is 5.92 Å². The van der Waals surface area contributed by atoms with Crippen LogP contribution < -0.4 is 10.0 Å². The SMILES string of the molecule is Cc1ccc(S(=O)(=O)N[C@@H](CCC(=O)O)C(=O)NCCCC[C@@H](C(=O)O)N(CC(C)C)S(=O)(=O)c2ccc(C)cc2)cc1. The van der Waals surface area contributed by atoms with Crippen molar-refractivity contribution >= 4 is 37.9 Å². The molecule has 2 atom stereocenters. The van der Waals surface area contributed by atoms with Gasteiger partial charge in [-0.15, -0.1) is 0 Å². The van der Waals surface area contributed by atoms with E-state index >= 15 is 0 Å². The van der Waals surface area contributed by atoms with E-state index in [2.05, 4.69) is 10.0 Å². The fourth-order valence-corrected chi connectivity index (χ4v) is 7.28. The van der Waals surface area contributed by atoms with Crippen molar-refractivity contribution in [2.75, 3.05) is 13.1 Å². The maximum Gasteiger partial charge on any atom is 0.322 e. The summed E-state index contributed by atoms with van der Waals surface area (Å²) in [6.45, 7) is 7.22. The molecule has 2 aromatic rings. The number of aryl methyl sites for hydroxylation is 2. The Morgan fingerprint density at radius 2 is 1.35 bits per heavy atom. The van der Waals surface area contributed by atoms with Crippen molar-refractivity contribution in [3.63, 3.8) is 0 Å². The Labute approximate surface area is 253 Å². The second kappa shape index (κ2) is 15.9. The van der Waals surface area contributed by atoms with Crippen LogP contribution in [-0.4, -0.2) is 74.4 Å². The summed E-state index contributed by atoms with van der Waals surface area (Å²) in [4.78, 5) is 36.1. The number of unbranched alkanes of at least 4 members (excludes halogenated alkanes) is 1. The maximum absolute atomic E-state index is 13.4. The quantitative estimate of drug-likeness (QED) is 0.178. The molecule has 0 aliphatic rings. The number of rotatable bonds is 18. The summed E-state index contributed by atoms with van der Waals surface area (Å²) in [5, 5.41) is 21.6. The number of carbonyl (C=O) groups is 3. The first-order valence-corrected chi connectivity index (χ1v) is 16.9. The molecule has 0 saturated carbocycles. The summed E-state index contributed by atoms with van der Waals surface area (Å²) >= 11 is 0. The molecule has 0 aromatic heterocycles. The number of benzene rings is 2. The zero-order chi connectivity index (χ0) is 32.4. The van der Waals surface area contributed by atoms with Gasteiger partial charge in [0.15, 0.2) is 0 Å². The van der Waals surface area contributed by atoms with Gasteiger partial charge in [0.05, 0.1) is 9.79 Å². The highest BCUT2D eigenvalue weighted by Crippen LogP contribution is 2.23. The van der Waals surface area contributed by atoms with Crippen LogP contribution in [-0.2, 0) is 34.4 Å². The number of carboxylic acid groups (broad SMARTS) is 2. The van der Waals surface area contributed by atoms with Crippen molar-refractivity contribution in [3.8, 4) is 0 Å². The van der Waals surface area contributed by atoms with Gasteiger partial charge in [-0.05, 0) is 69.7 Å². The standard InChI is InChI=1S/C29H41N3O9S2/c1-20(2)19-32(43(40,41)24-14-10-22(4)11-15-24)26(29(36)37)7-5-6-18-30-28(35)25(16-17-27(33)34)31-42(38,39)23-12-8-21(3)9-13-23/h8-15,20,25-26,31H,5-7,16-19H2,1-4H3,(H,30,35)(H,33,34)(H,36,37)/t25-,26-/m0/s1. The van der Waals surface area contributed by atoms with E-state index in [4.69, 9.17) is 5.11 Å². The summed E-state index contributed by atoms with van der Waals surface area (Å²) in [5.74, 6) is -3.36. The largest absolute Gasteiger partial charge is 0.481 e. The van der Waals surface area contributed by atoms with Gasteiger partial charge >= 0.3 is 11.9 Å². The normalized spacial score (nSPS) is 13.5. The lowest BCUT2D eigenvalue weighted by molar-refractivity contribution is -0.142. The van der Waals surface area contributed by atoms with Crippen LogP contribution >= 0.6 is 0 Å². The third-order valence-electron chi connectivity index (χ3n) is 6.60. The summed E-state index contributed by atoms with van der Waals surface area (Å²) in [6.07, 6.45) is -0.244.